The van der Waals surface area contributed by atoms with E-state index in [0.717, 1.165) is 42.1 Å². The summed E-state index contributed by atoms with van der Waals surface area (Å²) in [5, 5.41) is 4.86. The molecular formula is C23H28FN5O2S2. The molecule has 2 heterocycles. The van der Waals surface area contributed by atoms with E-state index in [0.29, 0.717) is 16.3 Å². The first kappa shape index (κ1) is 23.6. The average molecular weight is 490 g/mol. The summed E-state index contributed by atoms with van der Waals surface area (Å²) in [6.45, 7) is 3.30. The molecule has 0 aliphatic carbocycles. The van der Waals surface area contributed by atoms with Gasteiger partial charge in [-0.2, -0.15) is 5.10 Å². The lowest BCUT2D eigenvalue weighted by Gasteiger charge is -2.31. The van der Waals surface area contributed by atoms with Crippen LogP contribution in [-0.2, 0) is 22.9 Å². The van der Waals surface area contributed by atoms with Crippen molar-refractivity contribution < 1.29 is 12.8 Å². The van der Waals surface area contributed by atoms with Crippen molar-refractivity contribution in [1.82, 2.24) is 19.2 Å². The predicted molar refractivity (Wildman–Crippen MR) is 130 cm³/mol. The zero-order valence-corrected chi connectivity index (χ0v) is 20.8. The number of hydrogen-bond donors (Lipinski definition) is 0. The number of halogens is 1. The first-order valence-electron chi connectivity index (χ1n) is 10.8. The Bertz CT molecular complexity index is 1330. The molecular weight excluding hydrogens is 461 g/mol. The van der Waals surface area contributed by atoms with Crippen molar-refractivity contribution in [2.75, 3.05) is 31.8 Å². The third-order valence-electron chi connectivity index (χ3n) is 6.10. The highest BCUT2D eigenvalue weighted by Crippen LogP contribution is 2.30. The van der Waals surface area contributed by atoms with Crippen molar-refractivity contribution in [1.29, 1.82) is 0 Å². The molecule has 10 heteroatoms. The van der Waals surface area contributed by atoms with Crippen LogP contribution >= 0.6 is 12.2 Å². The van der Waals surface area contributed by atoms with Gasteiger partial charge in [-0.1, -0.05) is 0 Å². The Hall–Kier alpha value is -2.56. The fraction of sp³-hybridized carbons (Fsp3) is 0.391. The summed E-state index contributed by atoms with van der Waals surface area (Å²) in [6, 6.07) is 11.5. The molecule has 4 rings (SSSR count). The van der Waals surface area contributed by atoms with Gasteiger partial charge < -0.3 is 4.90 Å². The van der Waals surface area contributed by atoms with Crippen LogP contribution in [0.3, 0.4) is 0 Å². The Morgan fingerprint density at radius 2 is 1.88 bits per heavy atom. The average Bonchev–Trinajstić information content (AvgIpc) is 3.09. The number of aromatic nitrogens is 3. The van der Waals surface area contributed by atoms with Crippen molar-refractivity contribution in [3.05, 3.63) is 64.4 Å². The zero-order valence-electron chi connectivity index (χ0n) is 19.2. The van der Waals surface area contributed by atoms with Gasteiger partial charge in [-0.25, -0.2) is 17.5 Å². The van der Waals surface area contributed by atoms with E-state index in [4.69, 9.17) is 17.3 Å². The van der Waals surface area contributed by atoms with Gasteiger partial charge in [0.25, 0.3) is 0 Å². The minimum Gasteiger partial charge on any atom is -0.352 e. The smallest absolute Gasteiger partial charge is 0.204 e. The molecule has 1 atom stereocenters. The predicted octanol–water partition coefficient (Wildman–Crippen LogP) is 3.98. The topological polar surface area (TPSA) is 63.4 Å². The van der Waals surface area contributed by atoms with Crippen molar-refractivity contribution in [2.24, 2.45) is 0 Å². The molecule has 2 aromatic carbocycles. The second kappa shape index (κ2) is 9.00. The summed E-state index contributed by atoms with van der Waals surface area (Å²) >= 11 is 5.82. The molecule has 33 heavy (non-hydrogen) atoms. The number of aryl methyl sites for hydroxylation is 1. The van der Waals surface area contributed by atoms with Crippen LogP contribution < -0.4 is 4.90 Å². The van der Waals surface area contributed by atoms with Gasteiger partial charge >= 0.3 is 0 Å². The zero-order chi connectivity index (χ0) is 23.9. The Balaban J connectivity index is 1.75. The van der Waals surface area contributed by atoms with Gasteiger partial charge in [-0.3, -0.25) is 9.47 Å². The van der Waals surface area contributed by atoms with Crippen LogP contribution in [0.5, 0.6) is 0 Å². The van der Waals surface area contributed by atoms with E-state index in [-0.39, 0.29) is 11.9 Å². The van der Waals surface area contributed by atoms with Crippen LogP contribution in [0.1, 0.15) is 30.8 Å². The van der Waals surface area contributed by atoms with E-state index in [2.05, 4.69) is 4.90 Å². The molecule has 0 bridgehead atoms. The first-order valence-corrected chi connectivity index (χ1v) is 13.1. The maximum absolute atomic E-state index is 13.5. The van der Waals surface area contributed by atoms with E-state index in [1.807, 2.05) is 36.6 Å². The molecule has 0 fully saturated rings. The van der Waals surface area contributed by atoms with Crippen molar-refractivity contribution in [3.8, 4) is 5.69 Å². The van der Waals surface area contributed by atoms with Crippen LogP contribution in [-0.4, -0.2) is 54.6 Å². The largest absolute Gasteiger partial charge is 0.352 e. The van der Waals surface area contributed by atoms with Gasteiger partial charge in [0, 0.05) is 24.2 Å². The summed E-state index contributed by atoms with van der Waals surface area (Å²) in [6.07, 6.45) is 2.96. The molecule has 7 nitrogen and oxygen atoms in total. The van der Waals surface area contributed by atoms with E-state index in [1.165, 1.54) is 18.4 Å². The fourth-order valence-electron chi connectivity index (χ4n) is 4.04. The molecule has 1 unspecified atom stereocenters. The van der Waals surface area contributed by atoms with Crippen LogP contribution in [0, 0.1) is 10.6 Å². The standard InChI is InChI=1S/C23H28FN5O2S2/c1-16(26(2)3)22-25-28(23(32)29(22)19-9-7-18(24)8-10-19)15-27-13-5-6-17-14-20(33(4,30)31)11-12-21(17)27/h7-12,14,16H,5-6,13,15H2,1-4H3. The number of hydrogen-bond acceptors (Lipinski definition) is 6. The summed E-state index contributed by atoms with van der Waals surface area (Å²) < 4.78 is 41.7. The fourth-order valence-corrected chi connectivity index (χ4v) is 5.01. The second-order valence-corrected chi connectivity index (χ2v) is 11.0. The maximum atomic E-state index is 13.5. The minimum atomic E-state index is -3.26. The molecule has 1 aliphatic heterocycles. The molecule has 0 amide bonds. The van der Waals surface area contributed by atoms with E-state index < -0.39 is 9.84 Å². The lowest BCUT2D eigenvalue weighted by atomic mass is 10.0. The molecule has 0 saturated carbocycles. The van der Waals surface area contributed by atoms with E-state index >= 15 is 0 Å². The highest BCUT2D eigenvalue weighted by atomic mass is 32.2. The molecule has 0 spiro atoms. The third kappa shape index (κ3) is 4.73. The molecule has 0 saturated heterocycles. The molecule has 1 aliphatic rings. The highest BCUT2D eigenvalue weighted by molar-refractivity contribution is 7.90. The number of rotatable bonds is 6. The van der Waals surface area contributed by atoms with Gasteiger partial charge in [-0.05, 0) is 94.1 Å². The SMILES string of the molecule is CC(c1nn(CN2CCCc3cc(S(C)(=O)=O)ccc32)c(=S)n1-c1ccc(F)cc1)N(C)C. The van der Waals surface area contributed by atoms with Gasteiger partial charge in [0.05, 0.1) is 10.9 Å². The number of benzene rings is 2. The molecule has 1 aromatic heterocycles. The Morgan fingerprint density at radius 1 is 1.18 bits per heavy atom. The number of anilines is 1. The number of sulfone groups is 1. The van der Waals surface area contributed by atoms with Crippen LogP contribution in [0.4, 0.5) is 10.1 Å². The molecule has 0 N–H and O–H groups in total. The van der Waals surface area contributed by atoms with Gasteiger partial charge in [0.2, 0.25) is 4.77 Å². The van der Waals surface area contributed by atoms with E-state index in [1.54, 1.807) is 28.9 Å². The maximum Gasteiger partial charge on any atom is 0.204 e. The molecule has 176 valence electrons. The first-order chi connectivity index (χ1) is 15.6. The van der Waals surface area contributed by atoms with E-state index in [9.17, 15) is 12.8 Å². The van der Waals surface area contributed by atoms with Gasteiger partial charge in [0.15, 0.2) is 15.7 Å². The monoisotopic (exact) mass is 489 g/mol. The minimum absolute atomic E-state index is 0.0241. The van der Waals surface area contributed by atoms with Crippen LogP contribution in [0.2, 0.25) is 0 Å². The molecule has 3 aromatic rings. The van der Waals surface area contributed by atoms with Crippen molar-refractivity contribution in [3.63, 3.8) is 0 Å². The number of fused-ring (bicyclic) bond motifs is 1. The van der Waals surface area contributed by atoms with Crippen LogP contribution in [0.25, 0.3) is 5.69 Å². The molecule has 0 radical (unpaired) electrons. The Kier molecular flexibility index (Phi) is 6.43. The van der Waals surface area contributed by atoms with Gasteiger partial charge in [-0.15, -0.1) is 0 Å². The highest BCUT2D eigenvalue weighted by Gasteiger charge is 2.24. The quantitative estimate of drug-likeness (QED) is 0.488. The van der Waals surface area contributed by atoms with Crippen molar-refractivity contribution in [2.45, 2.75) is 37.4 Å². The summed E-state index contributed by atoms with van der Waals surface area (Å²) in [5.41, 5.74) is 2.76. The summed E-state index contributed by atoms with van der Waals surface area (Å²) in [7, 11) is 0.688. The van der Waals surface area contributed by atoms with Crippen molar-refractivity contribution >= 4 is 27.7 Å². The Morgan fingerprint density at radius 3 is 2.52 bits per heavy atom. The lowest BCUT2D eigenvalue weighted by Crippen LogP contribution is -2.32. The third-order valence-corrected chi connectivity index (χ3v) is 7.60. The Labute approximate surface area is 199 Å². The number of nitrogens with zero attached hydrogens (tertiary/aromatic N) is 5. The second-order valence-electron chi connectivity index (χ2n) is 8.66. The summed E-state index contributed by atoms with van der Waals surface area (Å²) in [4.78, 5) is 4.55. The van der Waals surface area contributed by atoms with Crippen LogP contribution in [0.15, 0.2) is 47.4 Å². The van der Waals surface area contributed by atoms with Gasteiger partial charge in [0.1, 0.15) is 12.5 Å². The summed E-state index contributed by atoms with van der Waals surface area (Å²) in [5.74, 6) is 0.458. The normalized spacial score (nSPS) is 15.0. The lowest BCUT2D eigenvalue weighted by molar-refractivity contribution is 0.304.